The second-order valence-electron chi connectivity index (χ2n) is 10.6. The van der Waals surface area contributed by atoms with Crippen LogP contribution in [0.25, 0.3) is 0 Å². The summed E-state index contributed by atoms with van der Waals surface area (Å²) in [5.74, 6) is 0.0720. The van der Waals surface area contributed by atoms with Gasteiger partial charge in [-0.05, 0) is 61.0 Å². The molecular weight excluding hydrogens is 496 g/mol. The third-order valence-electron chi connectivity index (χ3n) is 6.66. The predicted molar refractivity (Wildman–Crippen MR) is 151 cm³/mol. The standard InChI is InChI=1S/C31H38O6Si/c1-7-34-30(33)28(36-29(32)24-16-12-9-13-17-24)21-25-20-26(37-38(5,6)31(2,3)4)18-19-27(25)35-22-23-14-10-8-11-15-23/h8-20,28H,7,21-22H2,1-6H3/t28-/m1/s1. The average molecular weight is 535 g/mol. The van der Waals surface area contributed by atoms with E-state index in [1.54, 1.807) is 31.2 Å². The molecule has 0 spiro atoms. The molecule has 0 saturated carbocycles. The molecule has 3 rings (SSSR count). The van der Waals surface area contributed by atoms with Crippen LogP contribution in [0, 0.1) is 0 Å². The van der Waals surface area contributed by atoms with Crippen LogP contribution in [-0.2, 0) is 27.3 Å². The summed E-state index contributed by atoms with van der Waals surface area (Å²) in [5.41, 5.74) is 2.06. The van der Waals surface area contributed by atoms with Gasteiger partial charge < -0.3 is 18.6 Å². The molecular formula is C31H38O6Si. The molecule has 0 N–H and O–H groups in total. The van der Waals surface area contributed by atoms with Gasteiger partial charge in [0.15, 0.2) is 0 Å². The van der Waals surface area contributed by atoms with E-state index < -0.39 is 26.4 Å². The van der Waals surface area contributed by atoms with Crippen LogP contribution in [0.2, 0.25) is 18.1 Å². The molecule has 202 valence electrons. The highest BCUT2D eigenvalue weighted by Gasteiger charge is 2.39. The highest BCUT2D eigenvalue weighted by molar-refractivity contribution is 6.74. The van der Waals surface area contributed by atoms with Crippen molar-refractivity contribution in [3.8, 4) is 11.5 Å². The van der Waals surface area contributed by atoms with Gasteiger partial charge in [-0.3, -0.25) is 0 Å². The third-order valence-corrected chi connectivity index (χ3v) is 11.0. The highest BCUT2D eigenvalue weighted by atomic mass is 28.4. The fourth-order valence-corrected chi connectivity index (χ4v) is 4.50. The van der Waals surface area contributed by atoms with Crippen molar-refractivity contribution in [1.29, 1.82) is 0 Å². The Labute approximate surface area is 227 Å². The molecule has 0 bridgehead atoms. The van der Waals surface area contributed by atoms with E-state index in [2.05, 4.69) is 33.9 Å². The quantitative estimate of drug-likeness (QED) is 0.195. The van der Waals surface area contributed by atoms with Gasteiger partial charge in [-0.25, -0.2) is 9.59 Å². The van der Waals surface area contributed by atoms with Gasteiger partial charge in [0.05, 0.1) is 12.2 Å². The maximum absolute atomic E-state index is 12.9. The van der Waals surface area contributed by atoms with Crippen LogP contribution < -0.4 is 9.16 Å². The number of carbonyl (C=O) groups excluding carboxylic acids is 2. The van der Waals surface area contributed by atoms with Gasteiger partial charge in [0.1, 0.15) is 18.1 Å². The molecule has 0 fully saturated rings. The van der Waals surface area contributed by atoms with Gasteiger partial charge in [0, 0.05) is 12.0 Å². The fourth-order valence-electron chi connectivity index (χ4n) is 3.48. The summed E-state index contributed by atoms with van der Waals surface area (Å²) in [5, 5.41) is 0.00826. The molecule has 0 heterocycles. The Balaban J connectivity index is 1.93. The maximum atomic E-state index is 12.9. The number of carbonyl (C=O) groups is 2. The molecule has 38 heavy (non-hydrogen) atoms. The first-order chi connectivity index (χ1) is 18.0. The minimum absolute atomic E-state index is 0.00826. The summed E-state index contributed by atoms with van der Waals surface area (Å²) in [7, 11) is -2.12. The highest BCUT2D eigenvalue weighted by Crippen LogP contribution is 2.38. The van der Waals surface area contributed by atoms with E-state index in [9.17, 15) is 9.59 Å². The second-order valence-corrected chi connectivity index (χ2v) is 15.3. The van der Waals surface area contributed by atoms with Gasteiger partial charge >= 0.3 is 11.9 Å². The van der Waals surface area contributed by atoms with E-state index in [1.807, 2.05) is 54.6 Å². The van der Waals surface area contributed by atoms with Gasteiger partial charge in [0.2, 0.25) is 14.4 Å². The molecule has 7 heteroatoms. The molecule has 0 unspecified atom stereocenters. The summed E-state index contributed by atoms with van der Waals surface area (Å²) in [4.78, 5) is 25.7. The molecule has 0 aliphatic carbocycles. The Kier molecular flexibility index (Phi) is 9.75. The van der Waals surface area contributed by atoms with Crippen LogP contribution in [0.15, 0.2) is 78.9 Å². The first kappa shape index (κ1) is 29.0. The van der Waals surface area contributed by atoms with Crippen molar-refractivity contribution in [3.63, 3.8) is 0 Å². The van der Waals surface area contributed by atoms with E-state index >= 15 is 0 Å². The number of benzene rings is 3. The number of ether oxygens (including phenoxy) is 3. The van der Waals surface area contributed by atoms with Crippen molar-refractivity contribution in [2.24, 2.45) is 0 Å². The van der Waals surface area contributed by atoms with Gasteiger partial charge in [-0.1, -0.05) is 69.3 Å². The maximum Gasteiger partial charge on any atom is 0.347 e. The van der Waals surface area contributed by atoms with E-state index in [1.165, 1.54) is 0 Å². The topological polar surface area (TPSA) is 71.1 Å². The molecule has 3 aromatic carbocycles. The van der Waals surface area contributed by atoms with E-state index in [0.29, 0.717) is 29.2 Å². The summed E-state index contributed by atoms with van der Waals surface area (Å²) in [6.45, 7) is 13.1. The smallest absolute Gasteiger partial charge is 0.347 e. The average Bonchev–Trinajstić information content (AvgIpc) is 2.88. The van der Waals surface area contributed by atoms with Crippen molar-refractivity contribution < 1.29 is 28.2 Å². The molecule has 6 nitrogen and oxygen atoms in total. The summed E-state index contributed by atoms with van der Waals surface area (Å²) >= 11 is 0. The zero-order valence-electron chi connectivity index (χ0n) is 23.2. The van der Waals surface area contributed by atoms with Crippen LogP contribution in [0.3, 0.4) is 0 Å². The Morgan fingerprint density at radius 2 is 1.53 bits per heavy atom. The summed E-state index contributed by atoms with van der Waals surface area (Å²) in [6.07, 6.45) is -1.07. The van der Waals surface area contributed by atoms with Crippen molar-refractivity contribution in [2.75, 3.05) is 6.61 Å². The lowest BCUT2D eigenvalue weighted by atomic mass is 10.1. The van der Waals surface area contributed by atoms with Crippen LogP contribution in [0.5, 0.6) is 11.5 Å². The molecule has 0 aliphatic rings. The van der Waals surface area contributed by atoms with Crippen molar-refractivity contribution in [1.82, 2.24) is 0 Å². The number of rotatable bonds is 11. The van der Waals surface area contributed by atoms with Crippen LogP contribution in [0.1, 0.15) is 49.2 Å². The lowest BCUT2D eigenvalue weighted by molar-refractivity contribution is -0.153. The summed E-state index contributed by atoms with van der Waals surface area (Å²) in [6, 6.07) is 24.0. The minimum atomic E-state index is -2.12. The van der Waals surface area contributed by atoms with E-state index in [0.717, 1.165) is 5.56 Å². The SMILES string of the molecule is CCOC(=O)[C@@H](Cc1cc(O[Si](C)(C)C(C)(C)C)ccc1OCc1ccccc1)OC(=O)c1ccccc1. The molecule has 0 aromatic heterocycles. The fraction of sp³-hybridized carbons (Fsp3) is 0.355. The van der Waals surface area contributed by atoms with Gasteiger partial charge in [-0.15, -0.1) is 0 Å². The second kappa shape index (κ2) is 12.8. The zero-order chi connectivity index (χ0) is 27.8. The molecule has 0 radical (unpaired) electrons. The minimum Gasteiger partial charge on any atom is -0.543 e. The lowest BCUT2D eigenvalue weighted by Crippen LogP contribution is -2.43. The molecule has 3 aromatic rings. The third kappa shape index (κ3) is 7.96. The van der Waals surface area contributed by atoms with Crippen LogP contribution in [-0.4, -0.2) is 33.0 Å². The Hall–Kier alpha value is -3.58. The van der Waals surface area contributed by atoms with E-state index in [-0.39, 0.29) is 18.1 Å². The first-order valence-corrected chi connectivity index (χ1v) is 15.8. The van der Waals surface area contributed by atoms with Crippen molar-refractivity contribution >= 4 is 20.3 Å². The monoisotopic (exact) mass is 534 g/mol. The van der Waals surface area contributed by atoms with Gasteiger partial charge in [-0.2, -0.15) is 0 Å². The van der Waals surface area contributed by atoms with Crippen molar-refractivity contribution in [2.45, 2.75) is 65.0 Å². The normalized spacial score (nSPS) is 12.4. The zero-order valence-corrected chi connectivity index (χ0v) is 24.2. The predicted octanol–water partition coefficient (Wildman–Crippen LogP) is 6.98. The summed E-state index contributed by atoms with van der Waals surface area (Å²) < 4.78 is 23.6. The largest absolute Gasteiger partial charge is 0.543 e. The number of hydrogen-bond acceptors (Lipinski definition) is 6. The lowest BCUT2D eigenvalue weighted by Gasteiger charge is -2.36. The number of esters is 2. The van der Waals surface area contributed by atoms with Crippen LogP contribution in [0.4, 0.5) is 0 Å². The van der Waals surface area contributed by atoms with Gasteiger partial charge in [0.25, 0.3) is 0 Å². The van der Waals surface area contributed by atoms with Crippen molar-refractivity contribution in [3.05, 3.63) is 95.6 Å². The number of hydrogen-bond donors (Lipinski definition) is 0. The first-order valence-electron chi connectivity index (χ1n) is 12.9. The molecule has 0 amide bonds. The molecule has 1 atom stereocenters. The van der Waals surface area contributed by atoms with E-state index in [4.69, 9.17) is 18.6 Å². The molecule has 0 aliphatic heterocycles. The van der Waals surface area contributed by atoms with Crippen LogP contribution >= 0.6 is 0 Å². The Morgan fingerprint density at radius 3 is 2.13 bits per heavy atom. The molecule has 0 saturated heterocycles. The Morgan fingerprint density at radius 1 is 0.895 bits per heavy atom. The Bertz CT molecular complexity index is 1200.